The number of nitrogens with one attached hydrogen (secondary N) is 1. The van der Waals surface area contributed by atoms with Crippen LogP contribution in [-0.2, 0) is 0 Å². The van der Waals surface area contributed by atoms with Crippen molar-refractivity contribution in [3.05, 3.63) is 23.9 Å². The molecule has 1 aromatic rings. The van der Waals surface area contributed by atoms with E-state index in [2.05, 4.69) is 15.2 Å². The van der Waals surface area contributed by atoms with Crippen LogP contribution in [0.15, 0.2) is 18.3 Å². The molecule has 1 aromatic heterocycles. The number of pyridine rings is 1. The standard InChI is InChI=1S/C12H18N4O/c1-14-9-4-7-16(8-5-9)12-10(11(13)17)3-2-6-15-12/h2-3,6,9,14H,4-5,7-8H2,1H3,(H2,13,17). The lowest BCUT2D eigenvalue weighted by Crippen LogP contribution is -2.42. The minimum Gasteiger partial charge on any atom is -0.365 e. The van der Waals surface area contributed by atoms with Gasteiger partial charge in [0.2, 0.25) is 0 Å². The molecule has 5 nitrogen and oxygen atoms in total. The summed E-state index contributed by atoms with van der Waals surface area (Å²) in [5, 5.41) is 3.27. The van der Waals surface area contributed by atoms with Gasteiger partial charge in [-0.1, -0.05) is 0 Å². The Labute approximate surface area is 101 Å². The summed E-state index contributed by atoms with van der Waals surface area (Å²) >= 11 is 0. The van der Waals surface area contributed by atoms with Gasteiger partial charge in [-0.15, -0.1) is 0 Å². The maximum Gasteiger partial charge on any atom is 0.252 e. The monoisotopic (exact) mass is 234 g/mol. The molecule has 0 bridgehead atoms. The third kappa shape index (κ3) is 2.55. The highest BCUT2D eigenvalue weighted by molar-refractivity contribution is 5.97. The van der Waals surface area contributed by atoms with Gasteiger partial charge in [0.25, 0.3) is 5.91 Å². The highest BCUT2D eigenvalue weighted by atomic mass is 16.1. The fourth-order valence-corrected chi connectivity index (χ4v) is 2.22. The van der Waals surface area contributed by atoms with Crippen LogP contribution in [0.1, 0.15) is 23.2 Å². The third-order valence-electron chi connectivity index (χ3n) is 3.25. The number of carbonyl (C=O) groups excluding carboxylic acids is 1. The number of nitrogens with two attached hydrogens (primary N) is 1. The number of aromatic nitrogens is 1. The van der Waals surface area contributed by atoms with Crippen molar-refractivity contribution in [1.82, 2.24) is 10.3 Å². The molecule has 0 saturated carbocycles. The van der Waals surface area contributed by atoms with E-state index in [1.165, 1.54) is 0 Å². The van der Waals surface area contributed by atoms with Crippen molar-refractivity contribution < 1.29 is 4.79 Å². The Morgan fingerprint density at radius 3 is 2.82 bits per heavy atom. The molecule has 0 aliphatic carbocycles. The van der Waals surface area contributed by atoms with Gasteiger partial charge in [0.1, 0.15) is 5.82 Å². The predicted molar refractivity (Wildman–Crippen MR) is 67.0 cm³/mol. The molecule has 0 radical (unpaired) electrons. The van der Waals surface area contributed by atoms with Crippen LogP contribution in [0.25, 0.3) is 0 Å². The molecule has 3 N–H and O–H groups in total. The number of amides is 1. The summed E-state index contributed by atoms with van der Waals surface area (Å²) in [7, 11) is 1.98. The van der Waals surface area contributed by atoms with Crippen LogP contribution >= 0.6 is 0 Å². The molecule has 92 valence electrons. The Morgan fingerprint density at radius 1 is 1.53 bits per heavy atom. The van der Waals surface area contributed by atoms with Crippen LogP contribution in [0.4, 0.5) is 5.82 Å². The zero-order chi connectivity index (χ0) is 12.3. The van der Waals surface area contributed by atoms with Crippen molar-refractivity contribution in [2.45, 2.75) is 18.9 Å². The van der Waals surface area contributed by atoms with Crippen LogP contribution in [0.5, 0.6) is 0 Å². The van der Waals surface area contributed by atoms with Crippen molar-refractivity contribution in [3.63, 3.8) is 0 Å². The lowest BCUT2D eigenvalue weighted by molar-refractivity contribution is 0.100. The number of primary amides is 1. The number of hydrogen-bond acceptors (Lipinski definition) is 4. The van der Waals surface area contributed by atoms with Crippen LogP contribution in [0, 0.1) is 0 Å². The topological polar surface area (TPSA) is 71.2 Å². The van der Waals surface area contributed by atoms with E-state index in [1.807, 2.05) is 7.05 Å². The number of carbonyl (C=O) groups is 1. The van der Waals surface area contributed by atoms with E-state index in [0.717, 1.165) is 31.7 Å². The molecule has 1 aliphatic heterocycles. The maximum atomic E-state index is 11.3. The molecule has 1 amide bonds. The molecule has 0 spiro atoms. The van der Waals surface area contributed by atoms with E-state index < -0.39 is 5.91 Å². The molecule has 1 aliphatic rings. The van der Waals surface area contributed by atoms with Crippen LogP contribution in [-0.4, -0.2) is 37.1 Å². The van der Waals surface area contributed by atoms with Crippen LogP contribution in [0.3, 0.4) is 0 Å². The van der Waals surface area contributed by atoms with Gasteiger partial charge < -0.3 is 16.0 Å². The summed E-state index contributed by atoms with van der Waals surface area (Å²) in [5.41, 5.74) is 5.87. The summed E-state index contributed by atoms with van der Waals surface area (Å²) in [6.07, 6.45) is 3.82. The summed E-state index contributed by atoms with van der Waals surface area (Å²) in [5.74, 6) is 0.304. The highest BCUT2D eigenvalue weighted by Crippen LogP contribution is 2.21. The molecule has 1 saturated heterocycles. The molecule has 5 heteroatoms. The molecule has 0 unspecified atom stereocenters. The van der Waals surface area contributed by atoms with E-state index in [9.17, 15) is 4.79 Å². The van der Waals surface area contributed by atoms with Gasteiger partial charge in [-0.3, -0.25) is 4.79 Å². The van der Waals surface area contributed by atoms with Crippen LogP contribution in [0.2, 0.25) is 0 Å². The average molecular weight is 234 g/mol. The SMILES string of the molecule is CNC1CCN(c2ncccc2C(N)=O)CC1. The molecule has 17 heavy (non-hydrogen) atoms. The Balaban J connectivity index is 2.15. The van der Waals surface area contributed by atoms with E-state index in [1.54, 1.807) is 18.3 Å². The Bertz CT molecular complexity index is 399. The zero-order valence-corrected chi connectivity index (χ0v) is 10.0. The predicted octanol–water partition coefficient (Wildman–Crippen LogP) is 0.369. The smallest absolute Gasteiger partial charge is 0.252 e. The second-order valence-corrected chi connectivity index (χ2v) is 4.29. The number of piperidine rings is 1. The van der Waals surface area contributed by atoms with Crippen molar-refractivity contribution in [1.29, 1.82) is 0 Å². The minimum absolute atomic E-state index is 0.413. The van der Waals surface area contributed by atoms with Gasteiger partial charge in [-0.05, 0) is 32.0 Å². The number of nitrogens with zero attached hydrogens (tertiary/aromatic N) is 2. The third-order valence-corrected chi connectivity index (χ3v) is 3.25. The maximum absolute atomic E-state index is 11.3. The van der Waals surface area contributed by atoms with Crippen molar-refractivity contribution in [2.75, 3.05) is 25.0 Å². The number of hydrogen-bond donors (Lipinski definition) is 2. The summed E-state index contributed by atoms with van der Waals surface area (Å²) in [6, 6.07) is 4.03. The molecule has 0 atom stereocenters. The fraction of sp³-hybridized carbons (Fsp3) is 0.500. The van der Waals surface area contributed by atoms with E-state index >= 15 is 0 Å². The van der Waals surface area contributed by atoms with Crippen molar-refractivity contribution >= 4 is 11.7 Å². The first-order valence-electron chi connectivity index (χ1n) is 5.89. The van der Waals surface area contributed by atoms with Gasteiger partial charge >= 0.3 is 0 Å². The molecule has 2 rings (SSSR count). The van der Waals surface area contributed by atoms with E-state index in [4.69, 9.17) is 5.73 Å². The summed E-state index contributed by atoms with van der Waals surface area (Å²) in [4.78, 5) is 17.7. The second kappa shape index (κ2) is 5.14. The van der Waals surface area contributed by atoms with Crippen molar-refractivity contribution in [3.8, 4) is 0 Å². The molecule has 0 aromatic carbocycles. The quantitative estimate of drug-likeness (QED) is 0.792. The van der Waals surface area contributed by atoms with E-state index in [0.29, 0.717) is 11.6 Å². The normalized spacial score (nSPS) is 17.1. The first kappa shape index (κ1) is 11.9. The molecular formula is C12H18N4O. The second-order valence-electron chi connectivity index (χ2n) is 4.29. The Morgan fingerprint density at radius 2 is 2.24 bits per heavy atom. The van der Waals surface area contributed by atoms with Gasteiger partial charge in [0.05, 0.1) is 5.56 Å². The first-order valence-corrected chi connectivity index (χ1v) is 5.89. The fourth-order valence-electron chi connectivity index (χ4n) is 2.22. The molecular weight excluding hydrogens is 216 g/mol. The number of anilines is 1. The lowest BCUT2D eigenvalue weighted by atomic mass is 10.0. The van der Waals surface area contributed by atoms with Gasteiger partial charge in [0, 0.05) is 25.3 Å². The Hall–Kier alpha value is -1.62. The van der Waals surface area contributed by atoms with Gasteiger partial charge in [-0.25, -0.2) is 4.98 Å². The zero-order valence-electron chi connectivity index (χ0n) is 10.0. The Kier molecular flexibility index (Phi) is 3.58. The van der Waals surface area contributed by atoms with Gasteiger partial charge in [0.15, 0.2) is 0 Å². The largest absolute Gasteiger partial charge is 0.365 e. The van der Waals surface area contributed by atoms with Crippen LogP contribution < -0.4 is 16.0 Å². The average Bonchev–Trinajstić information content (AvgIpc) is 2.39. The van der Waals surface area contributed by atoms with E-state index in [-0.39, 0.29) is 0 Å². The number of rotatable bonds is 3. The first-order chi connectivity index (χ1) is 8.22. The lowest BCUT2D eigenvalue weighted by Gasteiger charge is -2.33. The minimum atomic E-state index is -0.413. The molecule has 2 heterocycles. The highest BCUT2D eigenvalue weighted by Gasteiger charge is 2.21. The summed E-state index contributed by atoms with van der Waals surface area (Å²) < 4.78 is 0. The van der Waals surface area contributed by atoms with Gasteiger partial charge in [-0.2, -0.15) is 0 Å². The summed E-state index contributed by atoms with van der Waals surface area (Å²) in [6.45, 7) is 1.81. The van der Waals surface area contributed by atoms with Crippen molar-refractivity contribution in [2.24, 2.45) is 5.73 Å². The molecule has 1 fully saturated rings.